The first kappa shape index (κ1) is 15.9. The predicted molar refractivity (Wildman–Crippen MR) is 76.6 cm³/mol. The first-order chi connectivity index (χ1) is 9.38. The summed E-state index contributed by atoms with van der Waals surface area (Å²) >= 11 is 0. The molecule has 1 amide bonds. The molecule has 0 aliphatic rings. The van der Waals surface area contributed by atoms with Crippen molar-refractivity contribution in [1.82, 2.24) is 4.98 Å². The maximum atomic E-state index is 11.5. The summed E-state index contributed by atoms with van der Waals surface area (Å²) in [6.45, 7) is 5.62. The lowest BCUT2D eigenvalue weighted by Gasteiger charge is -2.27. The standard InChI is InChI=1S/C14H21N3O3/c1-4-14(5-2,13(19)20)8-17-12-10(11(15)18)9(3)6-7-16-12/h6-7H,4-5,8H2,1-3H3,(H2,15,18)(H,16,17)(H,19,20). The van der Waals surface area contributed by atoms with E-state index in [9.17, 15) is 14.7 Å². The van der Waals surface area contributed by atoms with Crippen LogP contribution in [0, 0.1) is 12.3 Å². The van der Waals surface area contributed by atoms with Gasteiger partial charge in [0.2, 0.25) is 0 Å². The fourth-order valence-electron chi connectivity index (χ4n) is 2.13. The topological polar surface area (TPSA) is 105 Å². The fraction of sp³-hybridized carbons (Fsp3) is 0.500. The zero-order valence-electron chi connectivity index (χ0n) is 12.1. The number of aliphatic carboxylic acids is 1. The summed E-state index contributed by atoms with van der Waals surface area (Å²) in [6.07, 6.45) is 2.54. The van der Waals surface area contributed by atoms with Gasteiger partial charge in [-0.25, -0.2) is 4.98 Å². The molecule has 20 heavy (non-hydrogen) atoms. The van der Waals surface area contributed by atoms with Crippen molar-refractivity contribution in [3.8, 4) is 0 Å². The third-order valence-corrected chi connectivity index (χ3v) is 3.81. The molecule has 1 aromatic rings. The minimum atomic E-state index is -0.875. The molecule has 0 atom stereocenters. The van der Waals surface area contributed by atoms with Crippen LogP contribution in [0.5, 0.6) is 0 Å². The number of aryl methyl sites for hydroxylation is 1. The number of carboxylic acids is 1. The first-order valence-corrected chi connectivity index (χ1v) is 6.60. The molecule has 1 rings (SSSR count). The van der Waals surface area contributed by atoms with Gasteiger partial charge in [0.05, 0.1) is 11.0 Å². The van der Waals surface area contributed by atoms with E-state index in [0.717, 1.165) is 0 Å². The van der Waals surface area contributed by atoms with E-state index in [2.05, 4.69) is 10.3 Å². The molecule has 4 N–H and O–H groups in total. The second-order valence-corrected chi connectivity index (χ2v) is 4.86. The number of rotatable bonds is 7. The lowest BCUT2D eigenvalue weighted by atomic mass is 9.82. The molecule has 0 spiro atoms. The Kier molecular flexibility index (Phi) is 5.07. The third-order valence-electron chi connectivity index (χ3n) is 3.81. The molecule has 1 aromatic heterocycles. The molecule has 0 saturated heterocycles. The average Bonchev–Trinajstić information content (AvgIpc) is 2.39. The molecule has 0 aliphatic carbocycles. The van der Waals surface area contributed by atoms with E-state index in [1.54, 1.807) is 19.2 Å². The monoisotopic (exact) mass is 279 g/mol. The van der Waals surface area contributed by atoms with Crippen molar-refractivity contribution in [3.05, 3.63) is 23.4 Å². The van der Waals surface area contributed by atoms with Gasteiger partial charge in [0, 0.05) is 12.7 Å². The molecule has 0 saturated carbocycles. The van der Waals surface area contributed by atoms with Crippen molar-refractivity contribution in [1.29, 1.82) is 0 Å². The number of primary amides is 1. The number of carbonyl (C=O) groups is 2. The highest BCUT2D eigenvalue weighted by molar-refractivity contribution is 5.99. The zero-order chi connectivity index (χ0) is 15.3. The van der Waals surface area contributed by atoms with E-state index in [1.807, 2.05) is 13.8 Å². The van der Waals surface area contributed by atoms with Crippen molar-refractivity contribution in [2.24, 2.45) is 11.1 Å². The van der Waals surface area contributed by atoms with Crippen LogP contribution in [0.1, 0.15) is 42.6 Å². The summed E-state index contributed by atoms with van der Waals surface area (Å²) in [5.41, 5.74) is 5.49. The van der Waals surface area contributed by atoms with Gasteiger partial charge in [-0.1, -0.05) is 13.8 Å². The van der Waals surface area contributed by atoms with Gasteiger partial charge in [0.15, 0.2) is 0 Å². The lowest BCUT2D eigenvalue weighted by molar-refractivity contribution is -0.148. The van der Waals surface area contributed by atoms with Crippen LogP contribution in [-0.2, 0) is 4.79 Å². The smallest absolute Gasteiger partial charge is 0.311 e. The minimum absolute atomic E-state index is 0.200. The Morgan fingerprint density at radius 3 is 2.45 bits per heavy atom. The van der Waals surface area contributed by atoms with Crippen molar-refractivity contribution >= 4 is 17.7 Å². The van der Waals surface area contributed by atoms with Crippen LogP contribution in [0.4, 0.5) is 5.82 Å². The first-order valence-electron chi connectivity index (χ1n) is 6.60. The van der Waals surface area contributed by atoms with Crippen LogP contribution < -0.4 is 11.1 Å². The van der Waals surface area contributed by atoms with E-state index in [1.165, 1.54) is 0 Å². The Balaban J connectivity index is 3.03. The molecular weight excluding hydrogens is 258 g/mol. The Morgan fingerprint density at radius 1 is 1.40 bits per heavy atom. The molecular formula is C14H21N3O3. The average molecular weight is 279 g/mol. The second-order valence-electron chi connectivity index (χ2n) is 4.86. The number of nitrogens with one attached hydrogen (secondary N) is 1. The van der Waals surface area contributed by atoms with E-state index in [4.69, 9.17) is 5.73 Å². The van der Waals surface area contributed by atoms with Crippen LogP contribution in [0.25, 0.3) is 0 Å². The minimum Gasteiger partial charge on any atom is -0.481 e. The number of anilines is 1. The van der Waals surface area contributed by atoms with Gasteiger partial charge in [-0.05, 0) is 31.4 Å². The van der Waals surface area contributed by atoms with Crippen LogP contribution >= 0.6 is 0 Å². The molecule has 0 bridgehead atoms. The molecule has 6 nitrogen and oxygen atoms in total. The number of nitrogens with zero attached hydrogens (tertiary/aromatic N) is 1. The van der Waals surface area contributed by atoms with E-state index < -0.39 is 17.3 Å². The third kappa shape index (κ3) is 3.07. The number of hydrogen-bond donors (Lipinski definition) is 3. The van der Waals surface area contributed by atoms with Crippen LogP contribution in [0.2, 0.25) is 0 Å². The number of pyridine rings is 1. The molecule has 0 radical (unpaired) electrons. The van der Waals surface area contributed by atoms with Crippen LogP contribution in [-0.4, -0.2) is 28.5 Å². The van der Waals surface area contributed by atoms with E-state index >= 15 is 0 Å². The Hall–Kier alpha value is -2.11. The summed E-state index contributed by atoms with van der Waals surface area (Å²) in [5.74, 6) is -1.10. The Morgan fingerprint density at radius 2 is 2.00 bits per heavy atom. The number of aromatic nitrogens is 1. The highest BCUT2D eigenvalue weighted by Gasteiger charge is 2.35. The van der Waals surface area contributed by atoms with Crippen molar-refractivity contribution < 1.29 is 14.7 Å². The van der Waals surface area contributed by atoms with E-state index in [0.29, 0.717) is 29.8 Å². The maximum Gasteiger partial charge on any atom is 0.311 e. The SMILES string of the molecule is CCC(CC)(CNc1nccc(C)c1C(N)=O)C(=O)O. The molecule has 0 unspecified atom stereocenters. The molecule has 0 aliphatic heterocycles. The molecule has 110 valence electrons. The summed E-state index contributed by atoms with van der Waals surface area (Å²) in [5, 5.41) is 12.3. The predicted octanol–water partition coefficient (Wildman–Crippen LogP) is 1.79. The van der Waals surface area contributed by atoms with E-state index in [-0.39, 0.29) is 6.54 Å². The number of nitrogens with two attached hydrogens (primary N) is 1. The maximum absolute atomic E-state index is 11.5. The zero-order valence-corrected chi connectivity index (χ0v) is 12.1. The molecule has 1 heterocycles. The number of carboxylic acid groups (broad SMARTS) is 1. The van der Waals surface area contributed by atoms with Crippen LogP contribution in [0.15, 0.2) is 12.3 Å². The number of amides is 1. The summed E-state index contributed by atoms with van der Waals surface area (Å²) < 4.78 is 0. The normalized spacial score (nSPS) is 11.2. The van der Waals surface area contributed by atoms with Crippen LogP contribution in [0.3, 0.4) is 0 Å². The fourth-order valence-corrected chi connectivity index (χ4v) is 2.13. The summed E-state index contributed by atoms with van der Waals surface area (Å²) in [6, 6.07) is 1.69. The number of carbonyl (C=O) groups excluding carboxylic acids is 1. The van der Waals surface area contributed by atoms with Crippen molar-refractivity contribution in [2.45, 2.75) is 33.6 Å². The highest BCUT2D eigenvalue weighted by Crippen LogP contribution is 2.28. The second kappa shape index (κ2) is 6.36. The van der Waals surface area contributed by atoms with Gasteiger partial charge in [-0.2, -0.15) is 0 Å². The molecule has 0 fully saturated rings. The quantitative estimate of drug-likeness (QED) is 0.705. The molecule has 6 heteroatoms. The van der Waals surface area contributed by atoms with Gasteiger partial charge >= 0.3 is 5.97 Å². The lowest BCUT2D eigenvalue weighted by Crippen LogP contribution is -2.37. The van der Waals surface area contributed by atoms with Gasteiger partial charge < -0.3 is 16.2 Å². The van der Waals surface area contributed by atoms with Gasteiger partial charge in [0.25, 0.3) is 5.91 Å². The largest absolute Gasteiger partial charge is 0.481 e. The summed E-state index contributed by atoms with van der Waals surface area (Å²) in [4.78, 5) is 27.0. The Bertz CT molecular complexity index is 510. The van der Waals surface area contributed by atoms with Crippen molar-refractivity contribution in [2.75, 3.05) is 11.9 Å². The van der Waals surface area contributed by atoms with Gasteiger partial charge in [-0.15, -0.1) is 0 Å². The highest BCUT2D eigenvalue weighted by atomic mass is 16.4. The summed E-state index contributed by atoms with van der Waals surface area (Å²) in [7, 11) is 0. The van der Waals surface area contributed by atoms with Gasteiger partial charge in [0.1, 0.15) is 5.82 Å². The van der Waals surface area contributed by atoms with Crippen molar-refractivity contribution in [3.63, 3.8) is 0 Å². The van der Waals surface area contributed by atoms with Gasteiger partial charge in [-0.3, -0.25) is 9.59 Å². The molecule has 0 aromatic carbocycles. The number of hydrogen-bond acceptors (Lipinski definition) is 4. The Labute approximate surface area is 118 Å².